The molecule has 4 aromatic rings. The van der Waals surface area contributed by atoms with Crippen LogP contribution in [-0.4, -0.2) is 29.3 Å². The van der Waals surface area contributed by atoms with Crippen molar-refractivity contribution in [2.45, 2.75) is 12.7 Å². The first kappa shape index (κ1) is 27.2. The highest BCUT2D eigenvalue weighted by Crippen LogP contribution is 2.35. The first-order valence-corrected chi connectivity index (χ1v) is 11.1. The minimum Gasteiger partial charge on any atom is -0.388 e. The second-order valence-electron chi connectivity index (χ2n) is 7.55. The Morgan fingerprint density at radius 2 is 1.78 bits per heavy atom. The summed E-state index contributed by atoms with van der Waals surface area (Å²) in [5.74, 6) is -0.516. The molecule has 0 fully saturated rings. The van der Waals surface area contributed by atoms with Gasteiger partial charge in [0.05, 0.1) is 21.7 Å². The van der Waals surface area contributed by atoms with Gasteiger partial charge < -0.3 is 21.7 Å². The third-order valence-corrected chi connectivity index (χ3v) is 5.42. The summed E-state index contributed by atoms with van der Waals surface area (Å²) in [5.41, 5.74) is 6.48. The number of nitrogens with two attached hydrogens (primary N) is 1. The first-order chi connectivity index (χ1) is 17.6. The van der Waals surface area contributed by atoms with E-state index in [1.54, 1.807) is 0 Å². The third-order valence-electron chi connectivity index (χ3n) is 5.09. The highest BCUT2D eigenvalue weighted by molar-refractivity contribution is 6.31. The van der Waals surface area contributed by atoms with Crippen LogP contribution in [0.3, 0.4) is 0 Å². The minimum atomic E-state index is -4.58. The summed E-state index contributed by atoms with van der Waals surface area (Å²) in [6, 6.07) is 16.5. The zero-order valence-corrected chi connectivity index (χ0v) is 20.2. The van der Waals surface area contributed by atoms with Crippen LogP contribution in [0.2, 0.25) is 5.02 Å². The summed E-state index contributed by atoms with van der Waals surface area (Å²) in [6.07, 6.45) is -2.97. The zero-order chi connectivity index (χ0) is 27.0. The van der Waals surface area contributed by atoms with Crippen LogP contribution in [0.4, 0.5) is 30.4 Å². The maximum absolute atomic E-state index is 13.0. The van der Waals surface area contributed by atoms with Crippen LogP contribution in [0, 0.1) is 0 Å². The number of amides is 2. The number of para-hydroxylation sites is 1. The molecule has 4 rings (SSSR count). The van der Waals surface area contributed by atoms with Crippen LogP contribution in [-0.2, 0) is 17.5 Å². The number of nitrogens with zero attached hydrogens (tertiary/aromatic N) is 2. The molecular weight excluding hydrogens is 509 g/mol. The number of carbonyl (C=O) groups excluding carboxylic acids is 2. The van der Waals surface area contributed by atoms with Gasteiger partial charge in [-0.05, 0) is 42.0 Å². The van der Waals surface area contributed by atoms with Gasteiger partial charge in [-0.3, -0.25) is 9.59 Å². The fourth-order valence-corrected chi connectivity index (χ4v) is 3.56. The van der Waals surface area contributed by atoms with Crippen molar-refractivity contribution >= 4 is 52.0 Å². The van der Waals surface area contributed by atoms with E-state index < -0.39 is 22.7 Å². The second-order valence-corrected chi connectivity index (χ2v) is 7.96. The number of fused-ring (bicyclic) bond motifs is 1. The number of primary amides is 1. The number of hydrogen-bond donors (Lipinski definition) is 4. The highest BCUT2D eigenvalue weighted by Gasteiger charge is 2.33. The SMILES string of the molecule is CNc1ccccc1.NC(=O)c1cc(NC=O)cc2c(NCc3ccc(Cl)c(C(F)(F)F)c3)ncnc12. The zero-order valence-electron chi connectivity index (χ0n) is 19.4. The van der Waals surface area contributed by atoms with Crippen molar-refractivity contribution in [3.05, 3.63) is 88.7 Å². The number of nitrogens with one attached hydrogen (secondary N) is 3. The van der Waals surface area contributed by atoms with E-state index in [0.717, 1.165) is 17.8 Å². The maximum Gasteiger partial charge on any atom is 0.417 e. The van der Waals surface area contributed by atoms with Gasteiger partial charge in [-0.25, -0.2) is 9.97 Å². The average molecular weight is 531 g/mol. The van der Waals surface area contributed by atoms with E-state index in [1.165, 1.54) is 24.5 Å². The van der Waals surface area contributed by atoms with Gasteiger partial charge in [0.2, 0.25) is 6.41 Å². The van der Waals surface area contributed by atoms with Crippen LogP contribution in [0.25, 0.3) is 10.9 Å². The Labute approximate surface area is 215 Å². The molecule has 12 heteroatoms. The summed E-state index contributed by atoms with van der Waals surface area (Å²) >= 11 is 5.63. The molecule has 1 heterocycles. The number of anilines is 3. The lowest BCUT2D eigenvalue weighted by molar-refractivity contribution is -0.137. The molecule has 0 bridgehead atoms. The summed E-state index contributed by atoms with van der Waals surface area (Å²) in [4.78, 5) is 30.6. The van der Waals surface area contributed by atoms with Gasteiger partial charge >= 0.3 is 6.18 Å². The molecule has 192 valence electrons. The van der Waals surface area contributed by atoms with Crippen LogP contribution < -0.4 is 21.7 Å². The molecule has 0 radical (unpaired) electrons. The fourth-order valence-electron chi connectivity index (χ4n) is 3.34. The van der Waals surface area contributed by atoms with Gasteiger partial charge in [-0.2, -0.15) is 13.2 Å². The lowest BCUT2D eigenvalue weighted by Gasteiger charge is -2.13. The van der Waals surface area contributed by atoms with Crippen molar-refractivity contribution in [1.29, 1.82) is 0 Å². The Hall–Kier alpha value is -4.38. The molecule has 2 amide bonds. The van der Waals surface area contributed by atoms with E-state index >= 15 is 0 Å². The molecule has 0 aliphatic carbocycles. The Bertz CT molecular complexity index is 1400. The number of rotatable bonds is 7. The smallest absolute Gasteiger partial charge is 0.388 e. The normalized spacial score (nSPS) is 10.7. The van der Waals surface area contributed by atoms with Crippen molar-refractivity contribution in [3.8, 4) is 0 Å². The van der Waals surface area contributed by atoms with Crippen LogP contribution in [0.15, 0.2) is 67.0 Å². The van der Waals surface area contributed by atoms with Crippen molar-refractivity contribution in [2.75, 3.05) is 23.0 Å². The van der Waals surface area contributed by atoms with Gasteiger partial charge in [0.1, 0.15) is 12.1 Å². The molecule has 0 atom stereocenters. The Morgan fingerprint density at radius 3 is 2.38 bits per heavy atom. The predicted molar refractivity (Wildman–Crippen MR) is 138 cm³/mol. The number of hydrogen-bond acceptors (Lipinski definition) is 6. The van der Waals surface area contributed by atoms with Crippen molar-refractivity contribution < 1.29 is 22.8 Å². The van der Waals surface area contributed by atoms with E-state index in [2.05, 4.69) is 25.9 Å². The first-order valence-electron chi connectivity index (χ1n) is 10.7. The maximum atomic E-state index is 13.0. The van der Waals surface area contributed by atoms with Gasteiger partial charge in [0, 0.05) is 30.4 Å². The van der Waals surface area contributed by atoms with Crippen molar-refractivity contribution in [2.24, 2.45) is 5.73 Å². The van der Waals surface area contributed by atoms with Gasteiger partial charge in [0.25, 0.3) is 5.91 Å². The molecule has 0 aliphatic heterocycles. The van der Waals surface area contributed by atoms with Crippen molar-refractivity contribution in [3.63, 3.8) is 0 Å². The fraction of sp³-hybridized carbons (Fsp3) is 0.120. The summed E-state index contributed by atoms with van der Waals surface area (Å²) < 4.78 is 39.1. The minimum absolute atomic E-state index is 0.0103. The number of alkyl halides is 3. The topological polar surface area (TPSA) is 122 Å². The summed E-state index contributed by atoms with van der Waals surface area (Å²) in [6.45, 7) is -0.0103. The molecule has 1 aromatic heterocycles. The van der Waals surface area contributed by atoms with E-state index in [-0.39, 0.29) is 29.1 Å². The number of carbonyl (C=O) groups is 2. The molecule has 0 saturated heterocycles. The Balaban J connectivity index is 0.000000405. The van der Waals surface area contributed by atoms with E-state index in [4.69, 9.17) is 17.3 Å². The van der Waals surface area contributed by atoms with Gasteiger partial charge in [-0.15, -0.1) is 0 Å². The van der Waals surface area contributed by atoms with E-state index in [1.807, 2.05) is 37.4 Å². The monoisotopic (exact) mass is 530 g/mol. The molecule has 0 spiro atoms. The largest absolute Gasteiger partial charge is 0.417 e. The number of benzene rings is 3. The summed E-state index contributed by atoms with van der Waals surface area (Å²) in [7, 11) is 1.91. The van der Waals surface area contributed by atoms with E-state index in [9.17, 15) is 22.8 Å². The molecular formula is C25H22ClF3N6O2. The molecule has 0 saturated carbocycles. The molecule has 3 aromatic carbocycles. The quantitative estimate of drug-likeness (QED) is 0.240. The predicted octanol–water partition coefficient (Wildman–Crippen LogP) is 5.31. The molecule has 0 unspecified atom stereocenters. The number of halogens is 4. The van der Waals surface area contributed by atoms with Gasteiger partial charge in [-0.1, -0.05) is 35.9 Å². The lowest BCUT2D eigenvalue weighted by atomic mass is 10.1. The standard InChI is InChI=1S/C18H13ClF3N5O2.C7H9N/c19-14-2-1-9(3-13(14)18(20,21)22)6-24-17-12-5-10(27-8-28)4-11(16(23)29)15(12)25-7-26-17;1-8-7-5-3-2-4-6-7/h1-5,7-8H,6H2,(H2,23,29)(H,27,28)(H,24,25,26);2-6,8H,1H3. The molecule has 8 nitrogen and oxygen atoms in total. The average Bonchev–Trinajstić information content (AvgIpc) is 2.88. The molecule has 0 aliphatic rings. The second kappa shape index (κ2) is 12.0. The van der Waals surface area contributed by atoms with Crippen LogP contribution in [0.5, 0.6) is 0 Å². The molecule has 37 heavy (non-hydrogen) atoms. The summed E-state index contributed by atoms with van der Waals surface area (Å²) in [5, 5.41) is 8.31. The van der Waals surface area contributed by atoms with E-state index in [0.29, 0.717) is 17.4 Å². The highest BCUT2D eigenvalue weighted by atomic mass is 35.5. The van der Waals surface area contributed by atoms with Crippen LogP contribution in [0.1, 0.15) is 21.5 Å². The Morgan fingerprint density at radius 1 is 1.05 bits per heavy atom. The number of aromatic nitrogens is 2. The van der Waals surface area contributed by atoms with Gasteiger partial charge in [0.15, 0.2) is 0 Å². The van der Waals surface area contributed by atoms with Crippen molar-refractivity contribution in [1.82, 2.24) is 9.97 Å². The molecule has 5 N–H and O–H groups in total. The lowest BCUT2D eigenvalue weighted by Crippen LogP contribution is -2.13. The third kappa shape index (κ3) is 7.07. The van der Waals surface area contributed by atoms with Crippen LogP contribution >= 0.6 is 11.6 Å². The Kier molecular flexibility index (Phi) is 8.86.